The average Bonchev–Trinajstić information content (AvgIpc) is 2.80. The van der Waals surface area contributed by atoms with E-state index in [4.69, 9.17) is 10.00 Å². The van der Waals surface area contributed by atoms with Gasteiger partial charge in [0.05, 0.1) is 0 Å². The number of nitriles is 1. The van der Waals surface area contributed by atoms with E-state index in [1.165, 1.54) is 18.3 Å². The Hall–Kier alpha value is -4.59. The number of carbonyl (C=O) groups is 1. The van der Waals surface area contributed by atoms with E-state index in [9.17, 15) is 22.4 Å². The van der Waals surface area contributed by atoms with Crippen LogP contribution in [0.25, 0.3) is 6.08 Å². The Morgan fingerprint density at radius 3 is 2.49 bits per heavy atom. The van der Waals surface area contributed by atoms with Gasteiger partial charge >= 0.3 is 13.2 Å². The van der Waals surface area contributed by atoms with Crippen molar-refractivity contribution in [3.63, 3.8) is 0 Å². The summed E-state index contributed by atoms with van der Waals surface area (Å²) in [5, 5.41) is 11.8. The molecule has 0 fully saturated rings. The number of rotatable bonds is 9. The van der Waals surface area contributed by atoms with Gasteiger partial charge in [-0.1, -0.05) is 0 Å². The van der Waals surface area contributed by atoms with Crippen molar-refractivity contribution < 1.29 is 36.6 Å². The number of ether oxygens (including phenoxy) is 3. The number of nitrogens with zero attached hydrogens (tertiary/aromatic N) is 2. The smallest absolute Gasteiger partial charge is 0.387 e. The summed E-state index contributed by atoms with van der Waals surface area (Å²) < 4.78 is 64.3. The summed E-state index contributed by atoms with van der Waals surface area (Å²) in [6, 6.07) is 13.1. The molecule has 35 heavy (non-hydrogen) atoms. The summed E-state index contributed by atoms with van der Waals surface area (Å²) in [6.07, 6.45) is 3.75. The van der Waals surface area contributed by atoms with Gasteiger partial charge < -0.3 is 19.5 Å². The highest BCUT2D eigenvalue weighted by Crippen LogP contribution is 2.29. The van der Waals surface area contributed by atoms with Crippen LogP contribution in [0, 0.1) is 18.3 Å². The van der Waals surface area contributed by atoms with E-state index in [0.717, 1.165) is 18.2 Å². The second-order valence-electron chi connectivity index (χ2n) is 6.83. The van der Waals surface area contributed by atoms with Crippen LogP contribution in [-0.2, 0) is 4.79 Å². The first kappa shape index (κ1) is 25.0. The van der Waals surface area contributed by atoms with Crippen molar-refractivity contribution in [3.05, 3.63) is 77.5 Å². The summed E-state index contributed by atoms with van der Waals surface area (Å²) >= 11 is 0. The first-order valence-electron chi connectivity index (χ1n) is 9.91. The fraction of sp³-hybridized carbons (Fsp3) is 0.125. The third-order valence-corrected chi connectivity index (χ3v) is 4.40. The first-order valence-corrected chi connectivity index (χ1v) is 9.91. The molecule has 0 atom stereocenters. The molecule has 0 saturated carbocycles. The second kappa shape index (κ2) is 11.5. The minimum Gasteiger partial charge on any atom is -0.438 e. The molecule has 1 heterocycles. The van der Waals surface area contributed by atoms with Gasteiger partial charge in [-0.25, -0.2) is 4.98 Å². The summed E-state index contributed by atoms with van der Waals surface area (Å²) in [7, 11) is 0. The highest BCUT2D eigenvalue weighted by atomic mass is 19.3. The van der Waals surface area contributed by atoms with Crippen molar-refractivity contribution in [2.45, 2.75) is 20.1 Å². The van der Waals surface area contributed by atoms with Crippen molar-refractivity contribution in [2.75, 3.05) is 5.32 Å². The molecule has 3 rings (SSSR count). The molecule has 1 N–H and O–H groups in total. The quantitative estimate of drug-likeness (QED) is 0.298. The Kier molecular flexibility index (Phi) is 8.24. The van der Waals surface area contributed by atoms with Crippen LogP contribution in [0.3, 0.4) is 0 Å². The zero-order chi connectivity index (χ0) is 25.4. The molecule has 0 aliphatic carbocycles. The standard InChI is InChI=1S/C24H17F4N3O4/c1-14-11-17(33-22-16(13-29)3-2-10-30-22)7-8-19(14)31-21(32)9-5-15-4-6-18(34-23(25)26)12-20(15)35-24(27)28/h2-12,23-24H,1H3,(H,31,32)/b9-5+. The lowest BCUT2D eigenvalue weighted by molar-refractivity contribution is -0.111. The number of carbonyl (C=O) groups excluding carboxylic acids is 1. The van der Waals surface area contributed by atoms with Crippen molar-refractivity contribution in [3.8, 4) is 29.2 Å². The molecule has 1 amide bonds. The van der Waals surface area contributed by atoms with Gasteiger partial charge in [-0.15, -0.1) is 0 Å². The van der Waals surface area contributed by atoms with Gasteiger partial charge in [0.2, 0.25) is 11.8 Å². The third kappa shape index (κ3) is 7.20. The number of halogens is 4. The largest absolute Gasteiger partial charge is 0.438 e. The first-order chi connectivity index (χ1) is 16.7. The van der Waals surface area contributed by atoms with Crippen molar-refractivity contribution in [1.82, 2.24) is 4.98 Å². The van der Waals surface area contributed by atoms with Crippen LogP contribution < -0.4 is 19.5 Å². The maximum Gasteiger partial charge on any atom is 0.387 e. The molecule has 11 heteroatoms. The number of alkyl halides is 4. The summed E-state index contributed by atoms with van der Waals surface area (Å²) in [4.78, 5) is 16.4. The molecule has 3 aromatic rings. The van der Waals surface area contributed by atoms with E-state index >= 15 is 0 Å². The predicted molar refractivity (Wildman–Crippen MR) is 118 cm³/mol. The molecule has 7 nitrogen and oxygen atoms in total. The fourth-order valence-corrected chi connectivity index (χ4v) is 2.88. The van der Waals surface area contributed by atoms with Crippen molar-refractivity contribution in [1.29, 1.82) is 5.26 Å². The van der Waals surface area contributed by atoms with E-state index in [-0.39, 0.29) is 22.8 Å². The normalized spacial score (nSPS) is 10.9. The van der Waals surface area contributed by atoms with E-state index < -0.39 is 24.9 Å². The number of aromatic nitrogens is 1. The van der Waals surface area contributed by atoms with Crippen molar-refractivity contribution in [2.24, 2.45) is 0 Å². The Labute approximate surface area is 197 Å². The molecule has 2 aromatic carbocycles. The average molecular weight is 487 g/mol. The zero-order valence-electron chi connectivity index (χ0n) is 18.0. The maximum atomic E-state index is 12.7. The molecule has 0 aliphatic rings. The van der Waals surface area contributed by atoms with Crippen LogP contribution >= 0.6 is 0 Å². The van der Waals surface area contributed by atoms with Gasteiger partial charge in [0.15, 0.2) is 0 Å². The van der Waals surface area contributed by atoms with Crippen LogP contribution in [0.4, 0.5) is 23.2 Å². The second-order valence-corrected chi connectivity index (χ2v) is 6.83. The number of benzene rings is 2. The summed E-state index contributed by atoms with van der Waals surface area (Å²) in [5.74, 6) is -0.866. The van der Waals surface area contributed by atoms with Crippen LogP contribution in [0.15, 0.2) is 60.8 Å². The molecule has 0 aliphatic heterocycles. The topological polar surface area (TPSA) is 93.5 Å². The SMILES string of the molecule is Cc1cc(Oc2ncccc2C#N)ccc1NC(=O)/C=C/c1ccc(OC(F)F)cc1OC(F)F. The summed E-state index contributed by atoms with van der Waals surface area (Å²) in [6.45, 7) is -4.64. The van der Waals surface area contributed by atoms with Crippen LogP contribution in [0.2, 0.25) is 0 Å². The number of anilines is 1. The van der Waals surface area contributed by atoms with Crippen LogP contribution in [-0.4, -0.2) is 24.1 Å². The Bertz CT molecular complexity index is 1280. The molecule has 1 aromatic heterocycles. The molecule has 180 valence electrons. The van der Waals surface area contributed by atoms with Crippen molar-refractivity contribution >= 4 is 17.7 Å². The van der Waals surface area contributed by atoms with Crippen LogP contribution in [0.5, 0.6) is 23.1 Å². The molecule has 0 spiro atoms. The Morgan fingerprint density at radius 1 is 1.06 bits per heavy atom. The van der Waals surface area contributed by atoms with Gasteiger partial charge in [0.25, 0.3) is 0 Å². The number of nitrogens with one attached hydrogen (secondary N) is 1. The number of aryl methyl sites for hydroxylation is 1. The van der Waals surface area contributed by atoms with Crippen LogP contribution in [0.1, 0.15) is 16.7 Å². The molecular weight excluding hydrogens is 470 g/mol. The number of hydrogen-bond donors (Lipinski definition) is 1. The van der Waals surface area contributed by atoms with Gasteiger partial charge in [0.1, 0.15) is 28.9 Å². The Morgan fingerprint density at radius 2 is 1.80 bits per heavy atom. The number of amides is 1. The predicted octanol–water partition coefficient (Wildman–Crippen LogP) is 5.91. The summed E-state index contributed by atoms with van der Waals surface area (Å²) in [5.41, 5.74) is 1.38. The van der Waals surface area contributed by atoms with E-state index in [1.807, 2.05) is 6.07 Å². The number of hydrogen-bond acceptors (Lipinski definition) is 6. The van der Waals surface area contributed by atoms with Gasteiger partial charge in [-0.2, -0.15) is 22.8 Å². The fourth-order valence-electron chi connectivity index (χ4n) is 2.88. The maximum absolute atomic E-state index is 12.7. The van der Waals surface area contributed by atoms with E-state index in [2.05, 4.69) is 19.8 Å². The minimum atomic E-state index is -3.21. The van der Waals surface area contributed by atoms with E-state index in [0.29, 0.717) is 17.0 Å². The zero-order valence-corrected chi connectivity index (χ0v) is 18.0. The third-order valence-electron chi connectivity index (χ3n) is 4.40. The lowest BCUT2D eigenvalue weighted by atomic mass is 10.1. The van der Waals surface area contributed by atoms with E-state index in [1.54, 1.807) is 37.3 Å². The van der Waals surface area contributed by atoms with Gasteiger partial charge in [0, 0.05) is 29.6 Å². The highest BCUT2D eigenvalue weighted by molar-refractivity contribution is 6.02. The highest BCUT2D eigenvalue weighted by Gasteiger charge is 2.13. The molecule has 0 bridgehead atoms. The van der Waals surface area contributed by atoms with Gasteiger partial charge in [-0.05, 0) is 61.0 Å². The molecule has 0 unspecified atom stereocenters. The monoisotopic (exact) mass is 487 g/mol. The molecular formula is C24H17F4N3O4. The lowest BCUT2D eigenvalue weighted by Crippen LogP contribution is -2.09. The lowest BCUT2D eigenvalue weighted by Gasteiger charge is -2.11. The van der Waals surface area contributed by atoms with Gasteiger partial charge in [-0.3, -0.25) is 4.79 Å². The molecule has 0 radical (unpaired) electrons. The molecule has 0 saturated heterocycles. The number of pyridine rings is 1. The minimum absolute atomic E-state index is 0.0474. The Balaban J connectivity index is 1.71.